The lowest BCUT2D eigenvalue weighted by atomic mass is 10.2. The molecule has 4 nitrogen and oxygen atoms in total. The van der Waals surface area contributed by atoms with E-state index >= 15 is 0 Å². The molecule has 1 heterocycles. The normalized spacial score (nSPS) is 11.0. The Morgan fingerprint density at radius 1 is 1.32 bits per heavy atom. The van der Waals surface area contributed by atoms with Crippen LogP contribution in [0, 0.1) is 6.92 Å². The molecule has 0 aliphatic rings. The van der Waals surface area contributed by atoms with Gasteiger partial charge in [-0.05, 0) is 20.3 Å². The maximum Gasteiger partial charge on any atom is 0.191 e. The number of hydrogen-bond acceptors (Lipinski definition) is 3. The van der Waals surface area contributed by atoms with Gasteiger partial charge in [-0.1, -0.05) is 19.8 Å². The first-order chi connectivity index (χ1) is 8.77. The minimum Gasteiger partial charge on any atom is -0.357 e. The van der Waals surface area contributed by atoms with E-state index in [2.05, 4.69) is 34.5 Å². The zero-order valence-electron chi connectivity index (χ0n) is 12.0. The summed E-state index contributed by atoms with van der Waals surface area (Å²) in [5, 5.41) is 6.63. The van der Waals surface area contributed by atoms with Crippen LogP contribution in [0.4, 0.5) is 0 Å². The van der Waals surface area contributed by atoms with E-state index in [-0.39, 0.29) is 24.0 Å². The summed E-state index contributed by atoms with van der Waals surface area (Å²) in [6, 6.07) is 0. The van der Waals surface area contributed by atoms with Crippen molar-refractivity contribution in [1.82, 2.24) is 15.6 Å². The molecule has 6 heteroatoms. The van der Waals surface area contributed by atoms with Gasteiger partial charge in [-0.2, -0.15) is 0 Å². The van der Waals surface area contributed by atoms with Gasteiger partial charge in [0.2, 0.25) is 0 Å². The summed E-state index contributed by atoms with van der Waals surface area (Å²) in [6.07, 6.45) is 3.70. The van der Waals surface area contributed by atoms with Crippen molar-refractivity contribution < 1.29 is 0 Å². The number of aliphatic imine (C=N–C) groups is 1. The van der Waals surface area contributed by atoms with Crippen molar-refractivity contribution in [2.24, 2.45) is 4.99 Å². The van der Waals surface area contributed by atoms with Gasteiger partial charge >= 0.3 is 0 Å². The molecule has 0 saturated carbocycles. The molecule has 0 aliphatic heterocycles. The number of halogens is 1. The minimum absolute atomic E-state index is 0. The van der Waals surface area contributed by atoms with Crippen LogP contribution >= 0.6 is 35.3 Å². The molecule has 0 saturated heterocycles. The molecule has 0 amide bonds. The van der Waals surface area contributed by atoms with E-state index in [9.17, 15) is 0 Å². The summed E-state index contributed by atoms with van der Waals surface area (Å²) in [6.45, 7) is 8.91. The Hall–Kier alpha value is -0.370. The highest BCUT2D eigenvalue weighted by Crippen LogP contribution is 2.12. The van der Waals surface area contributed by atoms with Crippen molar-refractivity contribution in [2.75, 3.05) is 13.1 Å². The molecule has 1 rings (SSSR count). The van der Waals surface area contributed by atoms with Gasteiger partial charge in [-0.25, -0.2) is 9.98 Å². The number of nitrogens with one attached hydrogen (secondary N) is 2. The fraction of sp³-hybridized carbons (Fsp3) is 0.692. The van der Waals surface area contributed by atoms with Crippen LogP contribution in [0.5, 0.6) is 0 Å². The monoisotopic (exact) mass is 396 g/mol. The van der Waals surface area contributed by atoms with Crippen LogP contribution in [-0.2, 0) is 6.54 Å². The Labute approximate surface area is 137 Å². The molecule has 0 aliphatic carbocycles. The predicted molar refractivity (Wildman–Crippen MR) is 94.6 cm³/mol. The Morgan fingerprint density at radius 3 is 2.68 bits per heavy atom. The van der Waals surface area contributed by atoms with Gasteiger partial charge < -0.3 is 10.6 Å². The fourth-order valence-corrected chi connectivity index (χ4v) is 2.25. The second-order valence-electron chi connectivity index (χ2n) is 4.19. The molecule has 0 fully saturated rings. The molecule has 0 radical (unpaired) electrons. The van der Waals surface area contributed by atoms with Crippen LogP contribution in [0.2, 0.25) is 0 Å². The molecule has 0 spiro atoms. The molecular formula is C13H25IN4S. The van der Waals surface area contributed by atoms with Crippen molar-refractivity contribution >= 4 is 41.3 Å². The van der Waals surface area contributed by atoms with E-state index in [0.717, 1.165) is 24.7 Å². The number of unbranched alkanes of at least 4 members (excludes halogenated alkanes) is 2. The Morgan fingerprint density at radius 2 is 2.11 bits per heavy atom. The van der Waals surface area contributed by atoms with Gasteiger partial charge in [0.1, 0.15) is 0 Å². The van der Waals surface area contributed by atoms with E-state index in [0.29, 0.717) is 6.54 Å². The molecule has 0 unspecified atom stereocenters. The van der Waals surface area contributed by atoms with Gasteiger partial charge in [0.15, 0.2) is 5.96 Å². The van der Waals surface area contributed by atoms with Crippen molar-refractivity contribution in [1.29, 1.82) is 0 Å². The molecule has 2 N–H and O–H groups in total. The first-order valence-corrected chi connectivity index (χ1v) is 7.57. The highest BCUT2D eigenvalue weighted by atomic mass is 127. The number of guanidine groups is 1. The number of aryl methyl sites for hydroxylation is 1. The van der Waals surface area contributed by atoms with E-state index in [1.165, 1.54) is 24.1 Å². The summed E-state index contributed by atoms with van der Waals surface area (Å²) < 4.78 is 0. The standard InChI is InChI=1S/C13H24N4S.HI/c1-4-6-7-8-15-13(14-5-2)16-9-12-11(3)17-10-18-12;/h10H,4-9H2,1-3H3,(H2,14,15,16);1H. The van der Waals surface area contributed by atoms with Gasteiger partial charge in [0.25, 0.3) is 0 Å². The third-order valence-corrected chi connectivity index (χ3v) is 3.56. The number of nitrogens with zero attached hydrogens (tertiary/aromatic N) is 2. The Kier molecular flexibility index (Phi) is 11.2. The van der Waals surface area contributed by atoms with E-state index in [1.807, 2.05) is 12.4 Å². The number of thiazole rings is 1. The Bertz CT molecular complexity index is 365. The van der Waals surface area contributed by atoms with Crippen molar-refractivity contribution in [3.8, 4) is 0 Å². The lowest BCUT2D eigenvalue weighted by Gasteiger charge is -2.10. The van der Waals surface area contributed by atoms with Crippen LogP contribution in [0.3, 0.4) is 0 Å². The summed E-state index contributed by atoms with van der Waals surface area (Å²) in [7, 11) is 0. The zero-order chi connectivity index (χ0) is 13.2. The third-order valence-electron chi connectivity index (χ3n) is 2.64. The third kappa shape index (κ3) is 7.71. The van der Waals surface area contributed by atoms with Crippen molar-refractivity contribution in [3.05, 3.63) is 16.1 Å². The van der Waals surface area contributed by atoms with Crippen LogP contribution in [0.15, 0.2) is 10.5 Å². The van der Waals surface area contributed by atoms with E-state index < -0.39 is 0 Å². The SMILES string of the molecule is CCCCCNC(=NCc1scnc1C)NCC.I. The maximum atomic E-state index is 4.58. The lowest BCUT2D eigenvalue weighted by molar-refractivity contribution is 0.683. The molecule has 110 valence electrons. The van der Waals surface area contributed by atoms with Crippen LogP contribution in [-0.4, -0.2) is 24.0 Å². The molecule has 0 aromatic carbocycles. The second-order valence-corrected chi connectivity index (χ2v) is 5.13. The van der Waals surface area contributed by atoms with E-state index in [4.69, 9.17) is 0 Å². The summed E-state index contributed by atoms with van der Waals surface area (Å²) in [5.41, 5.74) is 2.97. The maximum absolute atomic E-state index is 4.58. The van der Waals surface area contributed by atoms with Crippen molar-refractivity contribution in [2.45, 2.75) is 46.6 Å². The van der Waals surface area contributed by atoms with Gasteiger partial charge in [0, 0.05) is 18.0 Å². The van der Waals surface area contributed by atoms with Gasteiger partial charge in [-0.3, -0.25) is 0 Å². The molecule has 0 bridgehead atoms. The van der Waals surface area contributed by atoms with Crippen LogP contribution < -0.4 is 10.6 Å². The zero-order valence-corrected chi connectivity index (χ0v) is 15.2. The fourth-order valence-electron chi connectivity index (χ4n) is 1.55. The molecule has 1 aromatic rings. The number of aromatic nitrogens is 1. The minimum atomic E-state index is 0. The second kappa shape index (κ2) is 11.5. The average molecular weight is 396 g/mol. The Balaban J connectivity index is 0.00000324. The number of rotatable bonds is 7. The van der Waals surface area contributed by atoms with Gasteiger partial charge in [0.05, 0.1) is 17.7 Å². The van der Waals surface area contributed by atoms with E-state index in [1.54, 1.807) is 11.3 Å². The predicted octanol–water partition coefficient (Wildman–Crippen LogP) is 3.31. The van der Waals surface area contributed by atoms with Gasteiger partial charge in [-0.15, -0.1) is 35.3 Å². The first kappa shape index (κ1) is 18.6. The topological polar surface area (TPSA) is 49.3 Å². The molecule has 0 atom stereocenters. The largest absolute Gasteiger partial charge is 0.357 e. The number of hydrogen-bond donors (Lipinski definition) is 2. The highest BCUT2D eigenvalue weighted by Gasteiger charge is 2.01. The molecule has 19 heavy (non-hydrogen) atoms. The van der Waals surface area contributed by atoms with Crippen molar-refractivity contribution in [3.63, 3.8) is 0 Å². The summed E-state index contributed by atoms with van der Waals surface area (Å²) in [5.74, 6) is 0.904. The van der Waals surface area contributed by atoms with Crippen LogP contribution in [0.1, 0.15) is 43.7 Å². The molecule has 1 aromatic heterocycles. The lowest BCUT2D eigenvalue weighted by Crippen LogP contribution is -2.37. The first-order valence-electron chi connectivity index (χ1n) is 6.69. The highest BCUT2D eigenvalue weighted by molar-refractivity contribution is 14.0. The molecular weight excluding hydrogens is 371 g/mol. The smallest absolute Gasteiger partial charge is 0.191 e. The quantitative estimate of drug-likeness (QED) is 0.322. The summed E-state index contributed by atoms with van der Waals surface area (Å²) >= 11 is 1.67. The summed E-state index contributed by atoms with van der Waals surface area (Å²) in [4.78, 5) is 10.1. The average Bonchev–Trinajstić information content (AvgIpc) is 2.77. The van der Waals surface area contributed by atoms with Crippen LogP contribution in [0.25, 0.3) is 0 Å².